The van der Waals surface area contributed by atoms with Crippen molar-refractivity contribution < 1.29 is 9.53 Å². The molecule has 1 aliphatic heterocycles. The SMILES string of the molecule is O=C(Cn1c(=O)[nH]c2ccccc2c1=O)NC1CCOc2ccccc21. The van der Waals surface area contributed by atoms with E-state index in [1.54, 1.807) is 24.3 Å². The smallest absolute Gasteiger partial charge is 0.329 e. The molecular formula is C19H17N3O4. The lowest BCUT2D eigenvalue weighted by Crippen LogP contribution is -2.42. The highest BCUT2D eigenvalue weighted by atomic mass is 16.5. The Morgan fingerprint density at radius 1 is 1.15 bits per heavy atom. The maximum Gasteiger partial charge on any atom is 0.329 e. The average Bonchev–Trinajstić information content (AvgIpc) is 2.65. The van der Waals surface area contributed by atoms with Crippen LogP contribution in [0.5, 0.6) is 5.75 Å². The third-order valence-electron chi connectivity index (χ3n) is 4.48. The first-order chi connectivity index (χ1) is 12.6. The number of H-pyrrole nitrogens is 1. The molecule has 0 bridgehead atoms. The number of nitrogens with one attached hydrogen (secondary N) is 2. The van der Waals surface area contributed by atoms with Crippen LogP contribution in [0.1, 0.15) is 18.0 Å². The molecule has 0 radical (unpaired) electrons. The Hall–Kier alpha value is -3.35. The van der Waals surface area contributed by atoms with Crippen molar-refractivity contribution in [2.75, 3.05) is 6.61 Å². The first-order valence-corrected chi connectivity index (χ1v) is 8.36. The van der Waals surface area contributed by atoms with Gasteiger partial charge in [0, 0.05) is 12.0 Å². The molecule has 2 heterocycles. The number of carbonyl (C=O) groups is 1. The number of nitrogens with zero attached hydrogens (tertiary/aromatic N) is 1. The van der Waals surface area contributed by atoms with E-state index in [1.165, 1.54) is 0 Å². The molecule has 2 N–H and O–H groups in total. The zero-order chi connectivity index (χ0) is 18.1. The summed E-state index contributed by atoms with van der Waals surface area (Å²) in [6, 6.07) is 14.0. The van der Waals surface area contributed by atoms with E-state index in [9.17, 15) is 14.4 Å². The van der Waals surface area contributed by atoms with Gasteiger partial charge in [0.25, 0.3) is 5.56 Å². The van der Waals surface area contributed by atoms with Crippen LogP contribution in [0.2, 0.25) is 0 Å². The van der Waals surface area contributed by atoms with Crippen molar-refractivity contribution in [2.45, 2.75) is 19.0 Å². The van der Waals surface area contributed by atoms with Crippen molar-refractivity contribution in [1.29, 1.82) is 0 Å². The van der Waals surface area contributed by atoms with E-state index in [0.717, 1.165) is 15.9 Å². The summed E-state index contributed by atoms with van der Waals surface area (Å²) >= 11 is 0. The van der Waals surface area contributed by atoms with Gasteiger partial charge in [0.2, 0.25) is 5.91 Å². The standard InChI is InChI=1S/C19H17N3O4/c23-17(20-15-9-10-26-16-8-4-2-5-12(15)16)11-22-18(24)13-6-1-3-7-14(13)21-19(22)25/h1-8,15H,9-11H2,(H,20,23)(H,21,25). The number of aromatic nitrogens is 2. The zero-order valence-corrected chi connectivity index (χ0v) is 13.9. The Kier molecular flexibility index (Phi) is 4.04. The van der Waals surface area contributed by atoms with Crippen LogP contribution in [-0.2, 0) is 11.3 Å². The predicted molar refractivity (Wildman–Crippen MR) is 96.3 cm³/mol. The zero-order valence-electron chi connectivity index (χ0n) is 13.9. The van der Waals surface area contributed by atoms with Gasteiger partial charge in [-0.2, -0.15) is 0 Å². The molecule has 1 aromatic heterocycles. The van der Waals surface area contributed by atoms with E-state index in [-0.39, 0.29) is 12.6 Å². The molecule has 1 atom stereocenters. The van der Waals surface area contributed by atoms with Gasteiger partial charge in [-0.1, -0.05) is 30.3 Å². The predicted octanol–water partition coefficient (Wildman–Crippen LogP) is 1.33. The van der Waals surface area contributed by atoms with Crippen LogP contribution >= 0.6 is 0 Å². The van der Waals surface area contributed by atoms with Crippen molar-refractivity contribution in [3.63, 3.8) is 0 Å². The highest BCUT2D eigenvalue weighted by Crippen LogP contribution is 2.31. The molecule has 132 valence electrons. The number of hydrogen-bond acceptors (Lipinski definition) is 4. The number of carbonyl (C=O) groups excluding carboxylic acids is 1. The van der Waals surface area contributed by atoms with Crippen LogP contribution in [-0.4, -0.2) is 22.1 Å². The molecule has 7 heteroatoms. The molecular weight excluding hydrogens is 334 g/mol. The number of amides is 1. The molecule has 2 aromatic carbocycles. The van der Waals surface area contributed by atoms with E-state index in [0.29, 0.717) is 23.9 Å². The molecule has 0 saturated carbocycles. The second kappa shape index (κ2) is 6.51. The summed E-state index contributed by atoms with van der Waals surface area (Å²) in [5.74, 6) is 0.347. The van der Waals surface area contributed by atoms with Gasteiger partial charge in [-0.05, 0) is 18.2 Å². The molecule has 0 aliphatic carbocycles. The molecule has 1 aliphatic rings. The van der Waals surface area contributed by atoms with Crippen molar-refractivity contribution in [3.05, 3.63) is 74.9 Å². The van der Waals surface area contributed by atoms with Crippen molar-refractivity contribution in [2.24, 2.45) is 0 Å². The number of para-hydroxylation sites is 2. The van der Waals surface area contributed by atoms with Gasteiger partial charge in [0.15, 0.2) is 0 Å². The Bertz CT molecular complexity index is 1100. The summed E-state index contributed by atoms with van der Waals surface area (Å²) in [5.41, 5.74) is 0.271. The maximum absolute atomic E-state index is 12.5. The van der Waals surface area contributed by atoms with E-state index < -0.39 is 17.2 Å². The minimum Gasteiger partial charge on any atom is -0.493 e. The lowest BCUT2D eigenvalue weighted by molar-refractivity contribution is -0.122. The fourth-order valence-corrected chi connectivity index (χ4v) is 3.22. The Labute approximate surface area is 148 Å². The number of rotatable bonds is 3. The van der Waals surface area contributed by atoms with Gasteiger partial charge in [-0.25, -0.2) is 4.79 Å². The summed E-state index contributed by atoms with van der Waals surface area (Å²) in [6.07, 6.45) is 0.631. The van der Waals surface area contributed by atoms with Crippen LogP contribution in [0.15, 0.2) is 58.1 Å². The second-order valence-corrected chi connectivity index (χ2v) is 6.16. The molecule has 7 nitrogen and oxygen atoms in total. The van der Waals surface area contributed by atoms with Crippen LogP contribution in [0.25, 0.3) is 10.9 Å². The normalized spacial score (nSPS) is 15.9. The number of aromatic amines is 1. The molecule has 0 saturated heterocycles. The van der Waals surface area contributed by atoms with E-state index in [2.05, 4.69) is 10.3 Å². The third kappa shape index (κ3) is 2.88. The van der Waals surface area contributed by atoms with Crippen LogP contribution in [0, 0.1) is 0 Å². The number of hydrogen-bond donors (Lipinski definition) is 2. The van der Waals surface area contributed by atoms with E-state index >= 15 is 0 Å². The fraction of sp³-hybridized carbons (Fsp3) is 0.211. The highest BCUT2D eigenvalue weighted by Gasteiger charge is 2.23. The van der Waals surface area contributed by atoms with Crippen molar-refractivity contribution in [1.82, 2.24) is 14.9 Å². The highest BCUT2D eigenvalue weighted by molar-refractivity contribution is 5.79. The molecule has 0 fully saturated rings. The lowest BCUT2D eigenvalue weighted by Gasteiger charge is -2.26. The quantitative estimate of drug-likeness (QED) is 0.744. The van der Waals surface area contributed by atoms with Gasteiger partial charge < -0.3 is 15.0 Å². The van der Waals surface area contributed by atoms with Crippen LogP contribution < -0.4 is 21.3 Å². The van der Waals surface area contributed by atoms with Gasteiger partial charge in [0.1, 0.15) is 12.3 Å². The minimum absolute atomic E-state index is 0.206. The number of fused-ring (bicyclic) bond motifs is 2. The number of ether oxygens (including phenoxy) is 1. The summed E-state index contributed by atoms with van der Waals surface area (Å²) in [6.45, 7) is 0.164. The molecule has 1 amide bonds. The van der Waals surface area contributed by atoms with Crippen LogP contribution in [0.4, 0.5) is 0 Å². The summed E-state index contributed by atoms with van der Waals surface area (Å²) in [5, 5.41) is 3.27. The first-order valence-electron chi connectivity index (χ1n) is 8.36. The van der Waals surface area contributed by atoms with Gasteiger partial charge >= 0.3 is 5.69 Å². The largest absolute Gasteiger partial charge is 0.493 e. The summed E-state index contributed by atoms with van der Waals surface area (Å²) in [7, 11) is 0. The Balaban J connectivity index is 1.59. The first kappa shape index (κ1) is 16.1. The van der Waals surface area contributed by atoms with Gasteiger partial charge in [-0.3, -0.25) is 14.2 Å². The molecule has 4 rings (SSSR count). The Morgan fingerprint density at radius 2 is 1.92 bits per heavy atom. The third-order valence-corrected chi connectivity index (χ3v) is 4.48. The van der Waals surface area contributed by atoms with Crippen molar-refractivity contribution >= 4 is 16.8 Å². The molecule has 1 unspecified atom stereocenters. The lowest BCUT2D eigenvalue weighted by atomic mass is 10.0. The van der Waals surface area contributed by atoms with Gasteiger partial charge in [-0.15, -0.1) is 0 Å². The maximum atomic E-state index is 12.5. The second-order valence-electron chi connectivity index (χ2n) is 6.16. The monoisotopic (exact) mass is 351 g/mol. The Morgan fingerprint density at radius 3 is 2.81 bits per heavy atom. The average molecular weight is 351 g/mol. The molecule has 26 heavy (non-hydrogen) atoms. The minimum atomic E-state index is -0.601. The van der Waals surface area contributed by atoms with Gasteiger partial charge in [0.05, 0.1) is 23.6 Å². The molecule has 0 spiro atoms. The fourth-order valence-electron chi connectivity index (χ4n) is 3.22. The van der Waals surface area contributed by atoms with E-state index in [1.807, 2.05) is 24.3 Å². The van der Waals surface area contributed by atoms with Crippen molar-refractivity contribution in [3.8, 4) is 5.75 Å². The topological polar surface area (TPSA) is 93.2 Å². The number of benzene rings is 2. The summed E-state index contributed by atoms with van der Waals surface area (Å²) < 4.78 is 6.50. The van der Waals surface area contributed by atoms with E-state index in [4.69, 9.17) is 4.74 Å². The van der Waals surface area contributed by atoms with Crippen LogP contribution in [0.3, 0.4) is 0 Å². The molecule has 3 aromatic rings. The summed E-state index contributed by atoms with van der Waals surface area (Å²) in [4.78, 5) is 39.8.